The molecule has 9 nitrogen and oxygen atoms in total. The first-order valence-electron chi connectivity index (χ1n) is 9.66. The number of nitrogens with zero attached hydrogens (tertiary/aromatic N) is 4. The normalized spacial score (nSPS) is 11.4. The van der Waals surface area contributed by atoms with Crippen LogP contribution in [-0.2, 0) is 10.0 Å². The number of urea groups is 1. The SMILES string of the molecule is CC(C)c1cc(F)cc(-c2ccnc(C#N)c2)c1NC(=O)NS(=O)(=O)c1nccnc1C(F)F. The summed E-state index contributed by atoms with van der Waals surface area (Å²) in [5, 5.41) is 10.4. The maximum absolute atomic E-state index is 14.4. The summed E-state index contributed by atoms with van der Waals surface area (Å²) in [4.78, 5) is 23.2. The molecule has 2 heterocycles. The number of hydrogen-bond donors (Lipinski definition) is 2. The summed E-state index contributed by atoms with van der Waals surface area (Å²) in [5.74, 6) is -0.946. The minimum Gasteiger partial charge on any atom is -0.306 e. The van der Waals surface area contributed by atoms with E-state index in [0.29, 0.717) is 11.1 Å². The Morgan fingerprint density at radius 1 is 1.09 bits per heavy atom. The molecule has 2 amide bonds. The molecule has 0 radical (unpaired) electrons. The van der Waals surface area contributed by atoms with Crippen LogP contribution in [0, 0.1) is 17.1 Å². The summed E-state index contributed by atoms with van der Waals surface area (Å²) < 4.78 is 67.5. The van der Waals surface area contributed by atoms with E-state index in [4.69, 9.17) is 5.26 Å². The van der Waals surface area contributed by atoms with Gasteiger partial charge in [-0.15, -0.1) is 0 Å². The number of carbonyl (C=O) groups is 1. The van der Waals surface area contributed by atoms with Crippen LogP contribution in [0.15, 0.2) is 47.9 Å². The fourth-order valence-corrected chi connectivity index (χ4v) is 4.12. The van der Waals surface area contributed by atoms with Crippen molar-refractivity contribution in [3.05, 3.63) is 65.6 Å². The van der Waals surface area contributed by atoms with Crippen LogP contribution in [0.4, 0.5) is 23.7 Å². The molecule has 0 fully saturated rings. The number of anilines is 1. The van der Waals surface area contributed by atoms with Gasteiger partial charge in [-0.2, -0.15) is 13.7 Å². The van der Waals surface area contributed by atoms with Crippen molar-refractivity contribution in [3.8, 4) is 17.2 Å². The summed E-state index contributed by atoms with van der Waals surface area (Å²) >= 11 is 0. The number of hydrogen-bond acceptors (Lipinski definition) is 7. The summed E-state index contributed by atoms with van der Waals surface area (Å²) in [6.45, 7) is 3.44. The maximum atomic E-state index is 14.4. The van der Waals surface area contributed by atoms with Gasteiger partial charge < -0.3 is 5.32 Å². The molecule has 2 aromatic heterocycles. The fraction of sp³-hybridized carbons (Fsp3) is 0.190. The average Bonchev–Trinajstić information content (AvgIpc) is 2.79. The van der Waals surface area contributed by atoms with Gasteiger partial charge in [0.25, 0.3) is 16.4 Å². The highest BCUT2D eigenvalue weighted by molar-refractivity contribution is 7.90. The average molecular weight is 490 g/mol. The zero-order chi connectivity index (χ0) is 25.0. The van der Waals surface area contributed by atoms with Crippen LogP contribution >= 0.6 is 0 Å². The minimum absolute atomic E-state index is 0.0352. The molecule has 0 atom stereocenters. The van der Waals surface area contributed by atoms with Crippen LogP contribution in [-0.4, -0.2) is 29.4 Å². The zero-order valence-corrected chi connectivity index (χ0v) is 18.6. The van der Waals surface area contributed by atoms with E-state index in [1.165, 1.54) is 24.4 Å². The molecule has 0 unspecified atom stereocenters. The van der Waals surface area contributed by atoms with Gasteiger partial charge >= 0.3 is 6.03 Å². The van der Waals surface area contributed by atoms with Crippen LogP contribution in [0.3, 0.4) is 0 Å². The van der Waals surface area contributed by atoms with Gasteiger partial charge in [-0.3, -0.25) is 4.98 Å². The van der Waals surface area contributed by atoms with Gasteiger partial charge in [0.05, 0.1) is 5.69 Å². The van der Waals surface area contributed by atoms with E-state index in [1.807, 2.05) is 6.07 Å². The molecule has 0 bridgehead atoms. The Labute approximate surface area is 192 Å². The van der Waals surface area contributed by atoms with Crippen molar-refractivity contribution in [2.75, 3.05) is 5.32 Å². The molecule has 2 N–H and O–H groups in total. The molecule has 34 heavy (non-hydrogen) atoms. The number of halogens is 3. The second-order valence-corrected chi connectivity index (χ2v) is 8.82. The van der Waals surface area contributed by atoms with E-state index in [0.717, 1.165) is 18.5 Å². The molecule has 0 aliphatic heterocycles. The van der Waals surface area contributed by atoms with E-state index < -0.39 is 39.0 Å². The Bertz CT molecular complexity index is 1390. The Kier molecular flexibility index (Phi) is 7.11. The second kappa shape index (κ2) is 9.84. The minimum atomic E-state index is -4.83. The van der Waals surface area contributed by atoms with E-state index >= 15 is 0 Å². The molecule has 0 saturated heterocycles. The predicted molar refractivity (Wildman–Crippen MR) is 115 cm³/mol. The van der Waals surface area contributed by atoms with Gasteiger partial charge in [0.2, 0.25) is 5.03 Å². The van der Waals surface area contributed by atoms with E-state index in [1.54, 1.807) is 18.6 Å². The standard InChI is InChI=1S/C21H17F3N6O3S/c1-11(2)15-8-13(22)9-16(12-3-4-26-14(7-12)10-25)17(15)29-21(31)30-34(32,33)20-18(19(23)24)27-5-6-28-20/h3-9,11,19H,1-2H3,(H2,29,30,31). The predicted octanol–water partition coefficient (Wildman–Crippen LogP) is 4.12. The summed E-state index contributed by atoms with van der Waals surface area (Å²) in [6.07, 6.45) is -0.142. The molecule has 0 spiro atoms. The third-order valence-electron chi connectivity index (χ3n) is 4.56. The Balaban J connectivity index is 2.04. The van der Waals surface area contributed by atoms with Crippen LogP contribution < -0.4 is 10.0 Å². The van der Waals surface area contributed by atoms with Gasteiger partial charge in [0.1, 0.15) is 23.3 Å². The number of rotatable bonds is 6. The lowest BCUT2D eigenvalue weighted by Crippen LogP contribution is -2.36. The number of amides is 2. The molecule has 13 heteroatoms. The number of nitriles is 1. The highest BCUT2D eigenvalue weighted by atomic mass is 32.2. The molecule has 0 aliphatic rings. The number of pyridine rings is 1. The van der Waals surface area contributed by atoms with E-state index in [-0.39, 0.29) is 22.9 Å². The first kappa shape index (κ1) is 24.6. The monoisotopic (exact) mass is 490 g/mol. The highest BCUT2D eigenvalue weighted by Gasteiger charge is 2.29. The van der Waals surface area contributed by atoms with Crippen LogP contribution in [0.25, 0.3) is 11.1 Å². The molecule has 3 aromatic rings. The molecule has 0 aliphatic carbocycles. The lowest BCUT2D eigenvalue weighted by atomic mass is 9.94. The van der Waals surface area contributed by atoms with Crippen molar-refractivity contribution in [3.63, 3.8) is 0 Å². The van der Waals surface area contributed by atoms with Gasteiger partial charge in [0, 0.05) is 24.2 Å². The number of benzene rings is 1. The lowest BCUT2D eigenvalue weighted by Gasteiger charge is -2.19. The third kappa shape index (κ3) is 5.29. The molecule has 176 valence electrons. The maximum Gasteiger partial charge on any atom is 0.333 e. The molecular formula is C21H17F3N6O3S. The van der Waals surface area contributed by atoms with Crippen molar-refractivity contribution in [2.24, 2.45) is 0 Å². The highest BCUT2D eigenvalue weighted by Crippen LogP contribution is 2.36. The number of carbonyl (C=O) groups excluding carboxylic acids is 1. The topological polar surface area (TPSA) is 138 Å². The zero-order valence-electron chi connectivity index (χ0n) is 17.8. The van der Waals surface area contributed by atoms with Crippen LogP contribution in [0.2, 0.25) is 0 Å². The van der Waals surface area contributed by atoms with Crippen molar-refractivity contribution in [1.82, 2.24) is 19.7 Å². The molecule has 3 rings (SSSR count). The van der Waals surface area contributed by atoms with Crippen molar-refractivity contribution >= 4 is 21.7 Å². The largest absolute Gasteiger partial charge is 0.333 e. The molecule has 1 aromatic carbocycles. The lowest BCUT2D eigenvalue weighted by molar-refractivity contribution is 0.141. The second-order valence-electron chi connectivity index (χ2n) is 7.22. The number of sulfonamides is 1. The first-order chi connectivity index (χ1) is 16.0. The number of nitrogens with one attached hydrogen (secondary N) is 2. The smallest absolute Gasteiger partial charge is 0.306 e. The number of alkyl halides is 2. The van der Waals surface area contributed by atoms with Gasteiger partial charge in [0.15, 0.2) is 0 Å². The van der Waals surface area contributed by atoms with Crippen LogP contribution in [0.1, 0.15) is 43.1 Å². The number of aromatic nitrogens is 3. The first-order valence-corrected chi connectivity index (χ1v) is 11.1. The van der Waals surface area contributed by atoms with Crippen LogP contribution in [0.5, 0.6) is 0 Å². The van der Waals surface area contributed by atoms with Gasteiger partial charge in [-0.25, -0.2) is 32.7 Å². The Morgan fingerprint density at radius 2 is 1.79 bits per heavy atom. The van der Waals surface area contributed by atoms with E-state index in [2.05, 4.69) is 20.3 Å². The van der Waals surface area contributed by atoms with Crippen molar-refractivity contribution in [1.29, 1.82) is 5.26 Å². The summed E-state index contributed by atoms with van der Waals surface area (Å²) in [5.41, 5.74) is -0.206. The molecule has 0 saturated carbocycles. The van der Waals surface area contributed by atoms with Crippen molar-refractivity contribution < 1.29 is 26.4 Å². The summed E-state index contributed by atoms with van der Waals surface area (Å²) in [6, 6.07) is 5.68. The Hall–Kier alpha value is -4.05. The Morgan fingerprint density at radius 3 is 2.44 bits per heavy atom. The van der Waals surface area contributed by atoms with Crippen molar-refractivity contribution in [2.45, 2.75) is 31.2 Å². The van der Waals surface area contributed by atoms with Gasteiger partial charge in [-0.05, 0) is 41.3 Å². The third-order valence-corrected chi connectivity index (χ3v) is 5.84. The van der Waals surface area contributed by atoms with E-state index in [9.17, 15) is 26.4 Å². The molecular weight excluding hydrogens is 473 g/mol. The summed E-state index contributed by atoms with van der Waals surface area (Å²) in [7, 11) is -4.83. The van der Waals surface area contributed by atoms with Gasteiger partial charge in [-0.1, -0.05) is 13.8 Å². The quantitative estimate of drug-likeness (QED) is 0.530. The fourth-order valence-electron chi connectivity index (χ4n) is 3.11.